The van der Waals surface area contributed by atoms with Crippen LogP contribution in [0.2, 0.25) is 0 Å². The molecule has 0 radical (unpaired) electrons. The van der Waals surface area contributed by atoms with E-state index in [2.05, 4.69) is 15.6 Å². The number of anilines is 3. The van der Waals surface area contributed by atoms with E-state index >= 15 is 0 Å². The molecule has 0 saturated heterocycles. The summed E-state index contributed by atoms with van der Waals surface area (Å²) >= 11 is 0. The van der Waals surface area contributed by atoms with Crippen molar-refractivity contribution in [3.8, 4) is 6.07 Å². The fourth-order valence-electron chi connectivity index (χ4n) is 3.13. The Bertz CT molecular complexity index is 1140. The zero-order valence-electron chi connectivity index (χ0n) is 17.9. The average molecular weight is 441 g/mol. The van der Waals surface area contributed by atoms with Crippen molar-refractivity contribution in [2.75, 3.05) is 22.1 Å². The molecule has 0 spiro atoms. The molecule has 166 valence electrons. The van der Waals surface area contributed by atoms with Gasteiger partial charge >= 0.3 is 0 Å². The third-order valence-corrected chi connectivity index (χ3v) is 4.73. The number of aromatic nitrogens is 1. The van der Waals surface area contributed by atoms with Crippen LogP contribution >= 0.6 is 0 Å². The lowest BCUT2D eigenvalue weighted by molar-refractivity contribution is -0.122. The molecule has 1 heterocycles. The molecule has 33 heavy (non-hydrogen) atoms. The van der Waals surface area contributed by atoms with Gasteiger partial charge in [-0.15, -0.1) is 0 Å². The molecule has 2 aromatic carbocycles. The van der Waals surface area contributed by atoms with Crippen LogP contribution < -0.4 is 15.5 Å². The third kappa shape index (κ3) is 7.01. The predicted molar refractivity (Wildman–Crippen MR) is 126 cm³/mol. The van der Waals surface area contributed by atoms with Crippen molar-refractivity contribution < 1.29 is 14.4 Å². The number of pyridine rings is 1. The second kappa shape index (κ2) is 11.8. The molecular formula is C25H23N5O3. The van der Waals surface area contributed by atoms with E-state index in [9.17, 15) is 14.4 Å². The summed E-state index contributed by atoms with van der Waals surface area (Å²) in [6.45, 7) is 0.264. The predicted octanol–water partition coefficient (Wildman–Crippen LogP) is 4.00. The lowest BCUT2D eigenvalue weighted by atomic mass is 10.2. The highest BCUT2D eigenvalue weighted by atomic mass is 16.2. The SMILES string of the molecule is N#CCCN(C(=O)CCC(=O)Nc1cccc(NC(=O)c2ccncc2)c1)c1ccccc1. The van der Waals surface area contributed by atoms with E-state index in [0.29, 0.717) is 22.6 Å². The van der Waals surface area contributed by atoms with Crippen molar-refractivity contribution >= 4 is 34.8 Å². The van der Waals surface area contributed by atoms with Gasteiger partial charge in [0.25, 0.3) is 5.91 Å². The van der Waals surface area contributed by atoms with Gasteiger partial charge in [0, 0.05) is 54.4 Å². The molecule has 2 N–H and O–H groups in total. The number of hydrogen-bond acceptors (Lipinski definition) is 5. The van der Waals surface area contributed by atoms with Crippen LogP contribution in [0.1, 0.15) is 29.6 Å². The van der Waals surface area contributed by atoms with E-state index in [4.69, 9.17) is 5.26 Å². The van der Waals surface area contributed by atoms with Crippen molar-refractivity contribution in [2.45, 2.75) is 19.3 Å². The van der Waals surface area contributed by atoms with E-state index in [-0.39, 0.29) is 43.5 Å². The number of rotatable bonds is 9. The van der Waals surface area contributed by atoms with E-state index < -0.39 is 0 Å². The minimum absolute atomic E-state index is 0.00459. The van der Waals surface area contributed by atoms with Gasteiger partial charge in [-0.1, -0.05) is 24.3 Å². The molecule has 0 aliphatic rings. The quantitative estimate of drug-likeness (QED) is 0.521. The van der Waals surface area contributed by atoms with Gasteiger partial charge in [-0.2, -0.15) is 5.26 Å². The Labute approximate surface area is 191 Å². The number of carbonyl (C=O) groups excluding carboxylic acids is 3. The van der Waals surface area contributed by atoms with Crippen LogP contribution in [0.4, 0.5) is 17.1 Å². The Morgan fingerprint density at radius 3 is 2.27 bits per heavy atom. The monoisotopic (exact) mass is 441 g/mol. The Hall–Kier alpha value is -4.51. The molecule has 3 rings (SSSR count). The molecule has 8 nitrogen and oxygen atoms in total. The lowest BCUT2D eigenvalue weighted by Gasteiger charge is -2.21. The van der Waals surface area contributed by atoms with Crippen LogP contribution in [0, 0.1) is 11.3 Å². The van der Waals surface area contributed by atoms with Gasteiger partial charge in [0.1, 0.15) is 0 Å². The third-order valence-electron chi connectivity index (χ3n) is 4.73. The lowest BCUT2D eigenvalue weighted by Crippen LogP contribution is -2.32. The number of nitriles is 1. The van der Waals surface area contributed by atoms with Crippen molar-refractivity contribution in [2.24, 2.45) is 0 Å². The first kappa shape index (κ1) is 23.2. The summed E-state index contributed by atoms with van der Waals surface area (Å²) < 4.78 is 0. The summed E-state index contributed by atoms with van der Waals surface area (Å²) in [5.74, 6) is -0.843. The van der Waals surface area contributed by atoms with Gasteiger partial charge in [0.2, 0.25) is 11.8 Å². The van der Waals surface area contributed by atoms with Gasteiger partial charge in [0.05, 0.1) is 12.5 Å². The van der Waals surface area contributed by atoms with Gasteiger partial charge in [0.15, 0.2) is 0 Å². The number of nitrogens with one attached hydrogen (secondary N) is 2. The summed E-state index contributed by atoms with van der Waals surface area (Å²) in [5, 5.41) is 14.4. The number of carbonyl (C=O) groups is 3. The van der Waals surface area contributed by atoms with Crippen LogP contribution in [-0.4, -0.2) is 29.3 Å². The number of nitrogens with zero attached hydrogens (tertiary/aromatic N) is 3. The maximum Gasteiger partial charge on any atom is 0.255 e. The van der Waals surface area contributed by atoms with Crippen LogP contribution in [0.5, 0.6) is 0 Å². The molecule has 0 aliphatic carbocycles. The van der Waals surface area contributed by atoms with Crippen LogP contribution in [-0.2, 0) is 9.59 Å². The smallest absolute Gasteiger partial charge is 0.255 e. The number of benzene rings is 2. The van der Waals surface area contributed by atoms with Crippen LogP contribution in [0.25, 0.3) is 0 Å². The summed E-state index contributed by atoms with van der Waals surface area (Å²) in [7, 11) is 0. The van der Waals surface area contributed by atoms with E-state index in [1.165, 1.54) is 17.3 Å². The summed E-state index contributed by atoms with van der Waals surface area (Å²) in [5.41, 5.74) is 2.19. The standard InChI is InChI=1S/C25H23N5O3/c26-14-5-17-30(22-8-2-1-3-9-22)24(32)11-10-23(31)28-20-6-4-7-21(18-20)29-25(33)19-12-15-27-16-13-19/h1-4,6-9,12-13,15-16,18H,5,10-11,17H2,(H,28,31)(H,29,33). The second-order valence-corrected chi connectivity index (χ2v) is 7.11. The first-order valence-corrected chi connectivity index (χ1v) is 10.4. The minimum atomic E-state index is -0.325. The Balaban J connectivity index is 1.56. The summed E-state index contributed by atoms with van der Waals surface area (Å²) in [6, 6.07) is 21.1. The molecular weight excluding hydrogens is 418 g/mol. The molecule has 0 aliphatic heterocycles. The Kier molecular flexibility index (Phi) is 8.26. The minimum Gasteiger partial charge on any atom is -0.326 e. The highest BCUT2D eigenvalue weighted by molar-refractivity contribution is 6.04. The summed E-state index contributed by atoms with van der Waals surface area (Å²) in [6.07, 6.45) is 3.26. The van der Waals surface area contributed by atoms with Crippen molar-refractivity contribution in [1.29, 1.82) is 5.26 Å². The molecule has 0 saturated carbocycles. The number of hydrogen-bond donors (Lipinski definition) is 2. The molecule has 3 aromatic rings. The largest absolute Gasteiger partial charge is 0.326 e. The number of amides is 3. The van der Waals surface area contributed by atoms with E-state index in [0.717, 1.165) is 0 Å². The van der Waals surface area contributed by atoms with E-state index in [1.807, 2.05) is 24.3 Å². The maximum atomic E-state index is 12.7. The molecule has 0 atom stereocenters. The highest BCUT2D eigenvalue weighted by Gasteiger charge is 2.17. The zero-order chi connectivity index (χ0) is 23.5. The average Bonchev–Trinajstić information content (AvgIpc) is 2.84. The topological polar surface area (TPSA) is 115 Å². The van der Waals surface area contributed by atoms with Crippen LogP contribution in [0.3, 0.4) is 0 Å². The molecule has 8 heteroatoms. The normalized spacial score (nSPS) is 10.0. The summed E-state index contributed by atoms with van der Waals surface area (Å²) in [4.78, 5) is 42.8. The van der Waals surface area contributed by atoms with Crippen molar-refractivity contribution in [1.82, 2.24) is 4.98 Å². The zero-order valence-corrected chi connectivity index (χ0v) is 17.9. The fraction of sp³-hybridized carbons (Fsp3) is 0.160. The van der Waals surface area contributed by atoms with Gasteiger partial charge in [-0.3, -0.25) is 19.4 Å². The second-order valence-electron chi connectivity index (χ2n) is 7.11. The van der Waals surface area contributed by atoms with Crippen molar-refractivity contribution in [3.05, 3.63) is 84.7 Å². The molecule has 0 bridgehead atoms. The van der Waals surface area contributed by atoms with Gasteiger partial charge in [-0.05, 0) is 42.5 Å². The maximum absolute atomic E-state index is 12.7. The first-order chi connectivity index (χ1) is 16.1. The van der Waals surface area contributed by atoms with Gasteiger partial charge in [-0.25, -0.2) is 0 Å². The molecule has 1 aromatic heterocycles. The number of para-hydroxylation sites is 1. The Morgan fingerprint density at radius 1 is 0.879 bits per heavy atom. The highest BCUT2D eigenvalue weighted by Crippen LogP contribution is 2.18. The van der Waals surface area contributed by atoms with Crippen molar-refractivity contribution in [3.63, 3.8) is 0 Å². The van der Waals surface area contributed by atoms with Crippen LogP contribution in [0.15, 0.2) is 79.1 Å². The molecule has 0 unspecified atom stereocenters. The van der Waals surface area contributed by atoms with Gasteiger partial charge < -0.3 is 15.5 Å². The fourth-order valence-corrected chi connectivity index (χ4v) is 3.13. The first-order valence-electron chi connectivity index (χ1n) is 10.4. The molecule has 3 amide bonds. The Morgan fingerprint density at radius 2 is 1.58 bits per heavy atom. The molecule has 0 fully saturated rings. The van der Waals surface area contributed by atoms with E-state index in [1.54, 1.807) is 48.5 Å².